The number of H-pyrrole nitrogens is 1. The van der Waals surface area contributed by atoms with Crippen molar-refractivity contribution in [2.45, 2.75) is 37.9 Å². The monoisotopic (exact) mass is 321 g/mol. The van der Waals surface area contributed by atoms with Crippen molar-refractivity contribution in [2.75, 3.05) is 5.75 Å². The second-order valence-corrected chi connectivity index (χ2v) is 5.85. The smallest absolute Gasteiger partial charge is 0.251 e. The first-order chi connectivity index (χ1) is 10.6. The molecule has 2 rings (SSSR count). The number of carbonyl (C=O) groups excluding carboxylic acids is 1. The molecule has 0 fully saturated rings. The summed E-state index contributed by atoms with van der Waals surface area (Å²) in [6, 6.07) is 4.89. The number of hydrogen-bond acceptors (Lipinski definition) is 5. The number of hydrogen-bond donors (Lipinski definition) is 2. The molecular weight excluding hydrogens is 302 g/mol. The highest BCUT2D eigenvalue weighted by Crippen LogP contribution is 2.15. The van der Waals surface area contributed by atoms with Gasteiger partial charge < -0.3 is 14.7 Å². The Morgan fingerprint density at radius 1 is 1.55 bits per heavy atom. The van der Waals surface area contributed by atoms with Crippen LogP contribution in [0.2, 0.25) is 0 Å². The van der Waals surface area contributed by atoms with Crippen LogP contribution in [-0.2, 0) is 11.2 Å². The van der Waals surface area contributed by atoms with Gasteiger partial charge in [-0.1, -0.05) is 25.1 Å². The minimum atomic E-state index is -0.193. The van der Waals surface area contributed by atoms with Crippen LogP contribution in [0.4, 0.5) is 0 Å². The predicted molar refractivity (Wildman–Crippen MR) is 84.8 cm³/mol. The zero-order chi connectivity index (χ0) is 15.9. The van der Waals surface area contributed by atoms with Gasteiger partial charge in [-0.15, -0.1) is 0 Å². The van der Waals surface area contributed by atoms with Gasteiger partial charge in [-0.05, 0) is 25.5 Å². The van der Waals surface area contributed by atoms with Crippen molar-refractivity contribution in [1.29, 1.82) is 0 Å². The zero-order valence-corrected chi connectivity index (χ0v) is 13.4. The summed E-state index contributed by atoms with van der Waals surface area (Å²) in [7, 11) is 0. The summed E-state index contributed by atoms with van der Waals surface area (Å²) in [6.45, 7) is 3.88. The maximum atomic E-state index is 11.9. The summed E-state index contributed by atoms with van der Waals surface area (Å²) < 4.78 is 5.24. The number of nitrogens with zero attached hydrogens (tertiary/aromatic N) is 1. The molecule has 0 spiro atoms. The number of amides is 1. The van der Waals surface area contributed by atoms with E-state index in [-0.39, 0.29) is 23.3 Å². The third-order valence-electron chi connectivity index (χ3n) is 2.97. The molecule has 0 bridgehead atoms. The quantitative estimate of drug-likeness (QED) is 0.603. The standard InChI is InChI=1S/C15H19N3O3S/c1-3-5-11-8-13(19)18-15(17-11)22-9-14(20)16-10(2)12-6-4-7-21-12/h4,6-8,10H,3,5,9H2,1-2H3,(H,16,20)(H,17,18,19)/t10-/m1/s1. The summed E-state index contributed by atoms with van der Waals surface area (Å²) in [5.41, 5.74) is 0.559. The number of aromatic amines is 1. The van der Waals surface area contributed by atoms with Crippen LogP contribution >= 0.6 is 11.8 Å². The highest BCUT2D eigenvalue weighted by molar-refractivity contribution is 7.99. The zero-order valence-electron chi connectivity index (χ0n) is 12.6. The topological polar surface area (TPSA) is 88.0 Å². The van der Waals surface area contributed by atoms with Crippen molar-refractivity contribution in [2.24, 2.45) is 0 Å². The Kier molecular flexibility index (Phi) is 5.83. The molecule has 7 heteroatoms. The fraction of sp³-hybridized carbons (Fsp3) is 0.400. The molecule has 0 aliphatic carbocycles. The molecule has 1 amide bonds. The van der Waals surface area contributed by atoms with Gasteiger partial charge in [0.25, 0.3) is 5.56 Å². The van der Waals surface area contributed by atoms with Gasteiger partial charge >= 0.3 is 0 Å². The molecule has 0 saturated heterocycles. The molecule has 6 nitrogen and oxygen atoms in total. The van der Waals surface area contributed by atoms with E-state index >= 15 is 0 Å². The molecule has 2 aromatic heterocycles. The Labute approximate surface area is 132 Å². The van der Waals surface area contributed by atoms with Crippen molar-refractivity contribution in [3.05, 3.63) is 46.3 Å². The second-order valence-electron chi connectivity index (χ2n) is 4.89. The Morgan fingerprint density at radius 3 is 3.05 bits per heavy atom. The third kappa shape index (κ3) is 4.77. The van der Waals surface area contributed by atoms with E-state index in [0.717, 1.165) is 18.5 Å². The van der Waals surface area contributed by atoms with E-state index < -0.39 is 0 Å². The molecule has 0 radical (unpaired) electrons. The van der Waals surface area contributed by atoms with E-state index in [1.807, 2.05) is 19.9 Å². The van der Waals surface area contributed by atoms with Gasteiger partial charge in [0.15, 0.2) is 5.16 Å². The van der Waals surface area contributed by atoms with Crippen molar-refractivity contribution < 1.29 is 9.21 Å². The van der Waals surface area contributed by atoms with Crippen LogP contribution in [0.1, 0.15) is 37.8 Å². The lowest BCUT2D eigenvalue weighted by atomic mass is 10.2. The number of furan rings is 1. The van der Waals surface area contributed by atoms with E-state index in [1.165, 1.54) is 17.8 Å². The lowest BCUT2D eigenvalue weighted by Crippen LogP contribution is -2.28. The van der Waals surface area contributed by atoms with Crippen LogP contribution in [0.5, 0.6) is 0 Å². The second kappa shape index (κ2) is 7.84. The lowest BCUT2D eigenvalue weighted by Gasteiger charge is -2.11. The molecule has 0 unspecified atom stereocenters. The van der Waals surface area contributed by atoms with Gasteiger partial charge in [-0.3, -0.25) is 9.59 Å². The SMILES string of the molecule is CCCc1cc(=O)[nH]c(SCC(=O)N[C@H](C)c2ccco2)n1. The molecule has 0 aliphatic rings. The van der Waals surface area contributed by atoms with E-state index in [4.69, 9.17) is 4.42 Å². The molecule has 22 heavy (non-hydrogen) atoms. The van der Waals surface area contributed by atoms with Crippen molar-refractivity contribution in [3.63, 3.8) is 0 Å². The Hall–Kier alpha value is -2.02. The fourth-order valence-corrected chi connectivity index (χ4v) is 2.67. The van der Waals surface area contributed by atoms with Crippen molar-refractivity contribution in [1.82, 2.24) is 15.3 Å². The van der Waals surface area contributed by atoms with Crippen LogP contribution < -0.4 is 10.9 Å². The number of rotatable bonds is 7. The van der Waals surface area contributed by atoms with Gasteiger partial charge in [0.2, 0.25) is 5.91 Å². The number of carbonyl (C=O) groups is 1. The summed E-state index contributed by atoms with van der Waals surface area (Å²) in [4.78, 5) is 30.4. The minimum absolute atomic E-state index is 0.141. The van der Waals surface area contributed by atoms with Crippen LogP contribution in [0.3, 0.4) is 0 Å². The summed E-state index contributed by atoms with van der Waals surface area (Å²) in [5, 5.41) is 3.30. The van der Waals surface area contributed by atoms with Gasteiger partial charge in [0.05, 0.1) is 18.1 Å². The average molecular weight is 321 g/mol. The Balaban J connectivity index is 1.89. The minimum Gasteiger partial charge on any atom is -0.467 e. The Morgan fingerprint density at radius 2 is 2.36 bits per heavy atom. The molecule has 118 valence electrons. The molecule has 0 aliphatic heterocycles. The molecule has 1 atom stereocenters. The molecular formula is C15H19N3O3S. The third-order valence-corrected chi connectivity index (χ3v) is 3.84. The Bertz CT molecular complexity index is 667. The first-order valence-electron chi connectivity index (χ1n) is 7.14. The number of thioether (sulfide) groups is 1. The van der Waals surface area contributed by atoms with Crippen LogP contribution in [0, 0.1) is 0 Å². The van der Waals surface area contributed by atoms with E-state index in [1.54, 1.807) is 12.3 Å². The molecule has 2 N–H and O–H groups in total. The maximum absolute atomic E-state index is 11.9. The summed E-state index contributed by atoms with van der Waals surface area (Å²) >= 11 is 1.21. The van der Waals surface area contributed by atoms with Crippen LogP contribution in [0.15, 0.2) is 38.8 Å². The van der Waals surface area contributed by atoms with Crippen molar-refractivity contribution >= 4 is 17.7 Å². The van der Waals surface area contributed by atoms with E-state index in [9.17, 15) is 9.59 Å². The molecule has 2 heterocycles. The molecule has 0 saturated carbocycles. The van der Waals surface area contributed by atoms with Crippen molar-refractivity contribution in [3.8, 4) is 0 Å². The lowest BCUT2D eigenvalue weighted by molar-refractivity contribution is -0.119. The number of nitrogens with one attached hydrogen (secondary N) is 2. The highest BCUT2D eigenvalue weighted by atomic mass is 32.2. The molecule has 2 aromatic rings. The summed E-state index contributed by atoms with van der Waals surface area (Å²) in [5.74, 6) is 0.746. The van der Waals surface area contributed by atoms with Gasteiger partial charge in [0, 0.05) is 11.8 Å². The van der Waals surface area contributed by atoms with Gasteiger partial charge in [-0.2, -0.15) is 0 Å². The van der Waals surface area contributed by atoms with Gasteiger partial charge in [0.1, 0.15) is 5.76 Å². The normalized spacial score (nSPS) is 12.1. The number of aromatic nitrogens is 2. The average Bonchev–Trinajstić information content (AvgIpc) is 2.99. The fourth-order valence-electron chi connectivity index (χ4n) is 1.96. The van der Waals surface area contributed by atoms with Crippen LogP contribution in [0.25, 0.3) is 0 Å². The van der Waals surface area contributed by atoms with E-state index in [0.29, 0.717) is 10.9 Å². The molecule has 0 aromatic carbocycles. The largest absolute Gasteiger partial charge is 0.467 e. The summed E-state index contributed by atoms with van der Waals surface area (Å²) in [6.07, 6.45) is 3.24. The number of aryl methyl sites for hydroxylation is 1. The van der Waals surface area contributed by atoms with Gasteiger partial charge in [-0.25, -0.2) is 4.98 Å². The predicted octanol–water partition coefficient (Wildman–Crippen LogP) is 2.28. The first kappa shape index (κ1) is 16.4. The van der Waals surface area contributed by atoms with Crippen LogP contribution in [-0.4, -0.2) is 21.6 Å². The highest BCUT2D eigenvalue weighted by Gasteiger charge is 2.12. The maximum Gasteiger partial charge on any atom is 0.251 e. The van der Waals surface area contributed by atoms with E-state index in [2.05, 4.69) is 15.3 Å². The first-order valence-corrected chi connectivity index (χ1v) is 8.13.